The van der Waals surface area contributed by atoms with Crippen LogP contribution in [0.5, 0.6) is 0 Å². The first-order chi connectivity index (χ1) is 7.76. The van der Waals surface area contributed by atoms with Crippen molar-refractivity contribution >= 4 is 0 Å². The van der Waals surface area contributed by atoms with Crippen molar-refractivity contribution in [2.75, 3.05) is 6.54 Å². The van der Waals surface area contributed by atoms with Gasteiger partial charge in [0.15, 0.2) is 0 Å². The first kappa shape index (κ1) is 11.6. The zero-order chi connectivity index (χ0) is 11.4. The Bertz CT molecular complexity index is 311. The number of hydrogen-bond donors (Lipinski definition) is 1. The van der Waals surface area contributed by atoms with E-state index in [1.54, 1.807) is 0 Å². The van der Waals surface area contributed by atoms with Crippen LogP contribution >= 0.6 is 0 Å². The number of nitrogens with one attached hydrogen (secondary N) is 1. The van der Waals surface area contributed by atoms with Gasteiger partial charge in [-0.3, -0.25) is 4.98 Å². The fraction of sp³-hybridized carbons (Fsp3) is 0.643. The molecule has 1 heterocycles. The average molecular weight is 218 g/mol. The summed E-state index contributed by atoms with van der Waals surface area (Å²) in [6, 6.07) is 4.63. The number of pyridine rings is 1. The van der Waals surface area contributed by atoms with Crippen molar-refractivity contribution in [1.82, 2.24) is 10.3 Å². The number of aromatic nitrogens is 1. The van der Waals surface area contributed by atoms with Crippen LogP contribution in [-0.2, 0) is 0 Å². The first-order valence-electron chi connectivity index (χ1n) is 6.39. The second-order valence-corrected chi connectivity index (χ2v) is 5.09. The van der Waals surface area contributed by atoms with Gasteiger partial charge in [0, 0.05) is 25.0 Å². The Hall–Kier alpha value is -0.890. The van der Waals surface area contributed by atoms with Crippen LogP contribution in [0.1, 0.15) is 51.1 Å². The molecule has 0 bridgehead atoms. The molecule has 0 radical (unpaired) electrons. The van der Waals surface area contributed by atoms with E-state index in [1.807, 2.05) is 12.4 Å². The molecule has 2 rings (SSSR count). The second kappa shape index (κ2) is 4.96. The minimum Gasteiger partial charge on any atom is -0.310 e. The van der Waals surface area contributed by atoms with Gasteiger partial charge < -0.3 is 5.32 Å². The molecule has 16 heavy (non-hydrogen) atoms. The van der Waals surface area contributed by atoms with E-state index in [0.717, 1.165) is 6.54 Å². The summed E-state index contributed by atoms with van der Waals surface area (Å²) in [5, 5.41) is 3.66. The maximum Gasteiger partial charge on any atom is 0.0293 e. The Morgan fingerprint density at radius 1 is 1.38 bits per heavy atom. The number of rotatable bonds is 5. The molecule has 0 spiro atoms. The quantitative estimate of drug-likeness (QED) is 0.820. The van der Waals surface area contributed by atoms with E-state index in [0.29, 0.717) is 11.5 Å². The molecule has 2 nitrogen and oxygen atoms in total. The molecule has 1 atom stereocenters. The standard InChI is InChI=1S/C14H22N2/c1-3-14(7-4-8-14)11-16-12(2)13-5-9-15-10-6-13/h5-6,9-10,12,16H,3-4,7-8,11H2,1-2H3. The van der Waals surface area contributed by atoms with Gasteiger partial charge in [-0.1, -0.05) is 13.3 Å². The normalized spacial score (nSPS) is 20.1. The highest BCUT2D eigenvalue weighted by atomic mass is 14.9. The molecule has 0 aromatic carbocycles. The molecular formula is C14H22N2. The first-order valence-corrected chi connectivity index (χ1v) is 6.39. The summed E-state index contributed by atoms with van der Waals surface area (Å²) < 4.78 is 0. The fourth-order valence-corrected chi connectivity index (χ4v) is 2.47. The highest BCUT2D eigenvalue weighted by Gasteiger charge is 2.34. The lowest BCUT2D eigenvalue weighted by Crippen LogP contribution is -2.40. The molecule has 0 saturated heterocycles. The van der Waals surface area contributed by atoms with E-state index in [1.165, 1.54) is 31.2 Å². The van der Waals surface area contributed by atoms with Crippen LogP contribution in [-0.4, -0.2) is 11.5 Å². The van der Waals surface area contributed by atoms with Gasteiger partial charge in [-0.15, -0.1) is 0 Å². The summed E-state index contributed by atoms with van der Waals surface area (Å²) in [6.07, 6.45) is 9.26. The third-order valence-electron chi connectivity index (χ3n) is 4.15. The molecule has 1 aliphatic carbocycles. The molecule has 2 heteroatoms. The maximum absolute atomic E-state index is 4.05. The average Bonchev–Trinajstić information content (AvgIpc) is 2.29. The lowest BCUT2D eigenvalue weighted by atomic mass is 9.67. The van der Waals surface area contributed by atoms with Gasteiger partial charge >= 0.3 is 0 Å². The minimum atomic E-state index is 0.437. The predicted molar refractivity (Wildman–Crippen MR) is 67.2 cm³/mol. The van der Waals surface area contributed by atoms with Gasteiger partial charge in [0.05, 0.1) is 0 Å². The molecule has 1 aromatic rings. The van der Waals surface area contributed by atoms with Gasteiger partial charge in [-0.05, 0) is 49.3 Å². The highest BCUT2D eigenvalue weighted by Crippen LogP contribution is 2.43. The summed E-state index contributed by atoms with van der Waals surface area (Å²) >= 11 is 0. The van der Waals surface area contributed by atoms with Crippen LogP contribution in [0, 0.1) is 5.41 Å². The lowest BCUT2D eigenvalue weighted by molar-refractivity contribution is 0.120. The summed E-state index contributed by atoms with van der Waals surface area (Å²) in [6.45, 7) is 5.71. The largest absolute Gasteiger partial charge is 0.310 e. The monoisotopic (exact) mass is 218 g/mol. The van der Waals surface area contributed by atoms with Crippen molar-refractivity contribution in [1.29, 1.82) is 0 Å². The maximum atomic E-state index is 4.05. The molecule has 1 aromatic heterocycles. The predicted octanol–water partition coefficient (Wildman–Crippen LogP) is 3.31. The summed E-state index contributed by atoms with van der Waals surface area (Å²) in [7, 11) is 0. The Kier molecular flexibility index (Phi) is 3.59. The zero-order valence-corrected chi connectivity index (χ0v) is 10.4. The third kappa shape index (κ3) is 2.43. The summed E-state index contributed by atoms with van der Waals surface area (Å²) in [4.78, 5) is 4.05. The van der Waals surface area contributed by atoms with Crippen LogP contribution in [0.3, 0.4) is 0 Å². The molecule has 0 amide bonds. The van der Waals surface area contributed by atoms with E-state index in [9.17, 15) is 0 Å². The van der Waals surface area contributed by atoms with Gasteiger partial charge in [-0.2, -0.15) is 0 Å². The molecule has 1 aliphatic rings. The van der Waals surface area contributed by atoms with Crippen molar-refractivity contribution in [3.8, 4) is 0 Å². The molecule has 1 N–H and O–H groups in total. The molecule has 1 fully saturated rings. The number of nitrogens with zero attached hydrogens (tertiary/aromatic N) is 1. The second-order valence-electron chi connectivity index (χ2n) is 5.09. The smallest absolute Gasteiger partial charge is 0.0293 e. The Balaban J connectivity index is 1.86. The molecule has 1 unspecified atom stereocenters. The fourth-order valence-electron chi connectivity index (χ4n) is 2.47. The number of hydrogen-bond acceptors (Lipinski definition) is 2. The highest BCUT2D eigenvalue weighted by molar-refractivity contribution is 5.14. The Morgan fingerprint density at radius 3 is 2.56 bits per heavy atom. The lowest BCUT2D eigenvalue weighted by Gasteiger charge is -2.42. The van der Waals surface area contributed by atoms with E-state index >= 15 is 0 Å². The summed E-state index contributed by atoms with van der Waals surface area (Å²) in [5.41, 5.74) is 1.93. The van der Waals surface area contributed by atoms with E-state index in [2.05, 4.69) is 36.3 Å². The minimum absolute atomic E-state index is 0.437. The van der Waals surface area contributed by atoms with Crippen molar-refractivity contribution in [2.45, 2.75) is 45.6 Å². The third-order valence-corrected chi connectivity index (χ3v) is 4.15. The van der Waals surface area contributed by atoms with Gasteiger partial charge in [0.2, 0.25) is 0 Å². The topological polar surface area (TPSA) is 24.9 Å². The molecule has 0 aliphatic heterocycles. The van der Waals surface area contributed by atoms with Crippen molar-refractivity contribution in [2.24, 2.45) is 5.41 Å². The molecule has 88 valence electrons. The molecule has 1 saturated carbocycles. The van der Waals surface area contributed by atoms with Crippen molar-refractivity contribution in [3.63, 3.8) is 0 Å². The van der Waals surface area contributed by atoms with Crippen LogP contribution in [0.25, 0.3) is 0 Å². The van der Waals surface area contributed by atoms with Gasteiger partial charge in [0.25, 0.3) is 0 Å². The van der Waals surface area contributed by atoms with E-state index < -0.39 is 0 Å². The van der Waals surface area contributed by atoms with Crippen LogP contribution in [0.15, 0.2) is 24.5 Å². The SMILES string of the molecule is CCC1(CNC(C)c2ccncc2)CCC1. The van der Waals surface area contributed by atoms with Crippen LogP contribution < -0.4 is 5.32 Å². The Morgan fingerprint density at radius 2 is 2.06 bits per heavy atom. The Labute approximate surface area is 98.5 Å². The van der Waals surface area contributed by atoms with Crippen LogP contribution in [0.2, 0.25) is 0 Å². The van der Waals surface area contributed by atoms with Crippen molar-refractivity contribution in [3.05, 3.63) is 30.1 Å². The zero-order valence-electron chi connectivity index (χ0n) is 10.4. The van der Waals surface area contributed by atoms with Gasteiger partial charge in [-0.25, -0.2) is 0 Å². The molecular weight excluding hydrogens is 196 g/mol. The van der Waals surface area contributed by atoms with Crippen LogP contribution in [0.4, 0.5) is 0 Å². The van der Waals surface area contributed by atoms with Gasteiger partial charge in [0.1, 0.15) is 0 Å². The summed E-state index contributed by atoms with van der Waals surface area (Å²) in [5.74, 6) is 0. The van der Waals surface area contributed by atoms with E-state index in [-0.39, 0.29) is 0 Å². The van der Waals surface area contributed by atoms with Crippen molar-refractivity contribution < 1.29 is 0 Å². The van der Waals surface area contributed by atoms with E-state index in [4.69, 9.17) is 0 Å².